The molecule has 1 rings (SSSR count). The first-order valence-corrected chi connectivity index (χ1v) is 6.53. The normalized spacial score (nSPS) is 11.4. The fourth-order valence-corrected chi connectivity index (χ4v) is 1.58. The van der Waals surface area contributed by atoms with Gasteiger partial charge < -0.3 is 15.1 Å². The summed E-state index contributed by atoms with van der Waals surface area (Å²) in [5.74, 6) is 5.48. The second-order valence-corrected chi connectivity index (χ2v) is 4.56. The molecule has 1 heterocycles. The maximum Gasteiger partial charge on any atom is 0.254 e. The maximum absolute atomic E-state index is 12.3. The average molecular weight is 276 g/mol. The average Bonchev–Trinajstić information content (AvgIpc) is 2.44. The third kappa shape index (κ3) is 5.00. The number of carbonyl (C=O) groups excluding carboxylic acids is 1. The van der Waals surface area contributed by atoms with E-state index in [4.69, 9.17) is 5.11 Å². The number of rotatable bonds is 5. The Balaban J connectivity index is 2.85. The van der Waals surface area contributed by atoms with Crippen LogP contribution in [0.2, 0.25) is 0 Å². The van der Waals surface area contributed by atoms with E-state index in [2.05, 4.69) is 16.8 Å². The lowest BCUT2D eigenvalue weighted by molar-refractivity contribution is 0.0768. The summed E-state index contributed by atoms with van der Waals surface area (Å²) < 4.78 is 0. The van der Waals surface area contributed by atoms with Crippen LogP contribution in [0.1, 0.15) is 35.7 Å². The van der Waals surface area contributed by atoms with Gasteiger partial charge in [-0.05, 0) is 19.4 Å². The number of amides is 1. The monoisotopic (exact) mass is 276 g/mol. The van der Waals surface area contributed by atoms with Gasteiger partial charge in [0.15, 0.2) is 0 Å². The van der Waals surface area contributed by atoms with Crippen molar-refractivity contribution in [3.8, 4) is 11.8 Å². The van der Waals surface area contributed by atoms with Crippen LogP contribution in [0.4, 0.5) is 0 Å². The van der Waals surface area contributed by atoms with Gasteiger partial charge in [-0.15, -0.1) is 0 Å². The van der Waals surface area contributed by atoms with Gasteiger partial charge in [0.05, 0.1) is 23.8 Å². The lowest BCUT2D eigenvalue weighted by Gasteiger charge is -2.18. The van der Waals surface area contributed by atoms with Crippen molar-refractivity contribution in [3.05, 3.63) is 29.6 Å². The Bertz CT molecular complexity index is 503. The molecule has 5 nitrogen and oxygen atoms in total. The number of nitrogens with zero attached hydrogens (tertiary/aromatic N) is 2. The van der Waals surface area contributed by atoms with Crippen LogP contribution in [0.15, 0.2) is 18.5 Å². The summed E-state index contributed by atoms with van der Waals surface area (Å²) in [7, 11) is 1.69. The molecule has 0 aromatic carbocycles. The molecule has 0 spiro atoms. The first kappa shape index (κ1) is 16.2. The Hall–Kier alpha value is -1.90. The van der Waals surface area contributed by atoms with Crippen molar-refractivity contribution >= 4 is 5.91 Å². The molecule has 1 atom stereocenters. The number of aromatic nitrogens is 1. The second kappa shape index (κ2) is 8.31. The molecule has 0 saturated heterocycles. The molecule has 1 aromatic heterocycles. The van der Waals surface area contributed by atoms with Crippen molar-refractivity contribution < 1.29 is 15.0 Å². The minimum Gasteiger partial charge on any atom is -0.395 e. The van der Waals surface area contributed by atoms with Crippen LogP contribution in [0.3, 0.4) is 0 Å². The van der Waals surface area contributed by atoms with E-state index in [9.17, 15) is 9.90 Å². The van der Waals surface area contributed by atoms with Crippen LogP contribution in [0.25, 0.3) is 0 Å². The van der Waals surface area contributed by atoms with Gasteiger partial charge in [-0.1, -0.05) is 11.8 Å². The van der Waals surface area contributed by atoms with Crippen molar-refractivity contribution in [2.24, 2.45) is 0 Å². The molecule has 1 amide bonds. The molecule has 0 bridgehead atoms. The van der Waals surface area contributed by atoms with Gasteiger partial charge in [-0.2, -0.15) is 0 Å². The van der Waals surface area contributed by atoms with Crippen LogP contribution in [0.5, 0.6) is 0 Å². The molecule has 2 N–H and O–H groups in total. The Labute approximate surface area is 119 Å². The summed E-state index contributed by atoms with van der Waals surface area (Å²) in [5.41, 5.74) is 1.04. The first-order valence-electron chi connectivity index (χ1n) is 6.53. The summed E-state index contributed by atoms with van der Waals surface area (Å²) >= 11 is 0. The van der Waals surface area contributed by atoms with E-state index >= 15 is 0 Å². The van der Waals surface area contributed by atoms with Gasteiger partial charge in [0.25, 0.3) is 5.91 Å². The predicted molar refractivity (Wildman–Crippen MR) is 76.1 cm³/mol. The Morgan fingerprint density at radius 2 is 2.30 bits per heavy atom. The molecule has 1 aromatic rings. The zero-order valence-corrected chi connectivity index (χ0v) is 11.8. The summed E-state index contributed by atoms with van der Waals surface area (Å²) in [6, 6.07) is 1.63. The second-order valence-electron chi connectivity index (χ2n) is 4.56. The molecule has 0 radical (unpaired) electrons. The standard InChI is InChI=1S/C15H20N2O3/c1-12(19)7-9-17(2)15(20)14-6-8-16-11-13(14)5-3-4-10-18/h6,8,11-12,18-19H,4,7,9-10H2,1-2H3. The lowest BCUT2D eigenvalue weighted by Crippen LogP contribution is -2.30. The summed E-state index contributed by atoms with van der Waals surface area (Å²) in [6.07, 6.45) is 3.54. The highest BCUT2D eigenvalue weighted by Crippen LogP contribution is 2.09. The van der Waals surface area contributed by atoms with Crippen LogP contribution < -0.4 is 0 Å². The minimum atomic E-state index is -0.438. The van der Waals surface area contributed by atoms with Gasteiger partial charge in [0, 0.05) is 32.4 Å². The van der Waals surface area contributed by atoms with Gasteiger partial charge in [-0.25, -0.2) is 0 Å². The quantitative estimate of drug-likeness (QED) is 0.775. The van der Waals surface area contributed by atoms with Crippen LogP contribution >= 0.6 is 0 Å². The predicted octanol–water partition coefficient (Wildman–Crippen LogP) is 0.658. The number of aliphatic hydroxyl groups is 2. The molecule has 0 aliphatic rings. The number of pyridine rings is 1. The molecular formula is C15H20N2O3. The zero-order valence-electron chi connectivity index (χ0n) is 11.8. The third-order valence-electron chi connectivity index (χ3n) is 2.74. The molecule has 1 unspecified atom stereocenters. The van der Waals surface area contributed by atoms with Gasteiger partial charge in [0.1, 0.15) is 0 Å². The summed E-state index contributed by atoms with van der Waals surface area (Å²) in [6.45, 7) is 2.16. The molecule has 0 fully saturated rings. The fourth-order valence-electron chi connectivity index (χ4n) is 1.58. The Morgan fingerprint density at radius 3 is 2.95 bits per heavy atom. The molecule has 5 heteroatoms. The Morgan fingerprint density at radius 1 is 1.55 bits per heavy atom. The number of hydrogen-bond donors (Lipinski definition) is 2. The van der Waals surface area contributed by atoms with Crippen molar-refractivity contribution in [1.29, 1.82) is 0 Å². The third-order valence-corrected chi connectivity index (χ3v) is 2.74. The van der Waals surface area contributed by atoms with E-state index in [0.29, 0.717) is 30.5 Å². The molecule has 0 saturated carbocycles. The molecule has 108 valence electrons. The van der Waals surface area contributed by atoms with Gasteiger partial charge in [-0.3, -0.25) is 9.78 Å². The SMILES string of the molecule is CC(O)CCN(C)C(=O)c1ccncc1C#CCCO. The van der Waals surface area contributed by atoms with E-state index < -0.39 is 6.10 Å². The van der Waals surface area contributed by atoms with E-state index in [1.54, 1.807) is 37.3 Å². The van der Waals surface area contributed by atoms with Crippen molar-refractivity contribution in [2.75, 3.05) is 20.2 Å². The fraction of sp³-hybridized carbons (Fsp3) is 0.467. The largest absolute Gasteiger partial charge is 0.395 e. The van der Waals surface area contributed by atoms with Gasteiger partial charge >= 0.3 is 0 Å². The lowest BCUT2D eigenvalue weighted by atomic mass is 10.1. The van der Waals surface area contributed by atoms with Crippen LogP contribution in [-0.2, 0) is 0 Å². The maximum atomic E-state index is 12.3. The van der Waals surface area contributed by atoms with E-state index in [0.717, 1.165) is 0 Å². The summed E-state index contributed by atoms with van der Waals surface area (Å²) in [4.78, 5) is 17.8. The number of aliphatic hydroxyl groups excluding tert-OH is 2. The van der Waals surface area contributed by atoms with Gasteiger partial charge in [0.2, 0.25) is 0 Å². The van der Waals surface area contributed by atoms with E-state index in [1.165, 1.54) is 0 Å². The molecule has 20 heavy (non-hydrogen) atoms. The van der Waals surface area contributed by atoms with Crippen molar-refractivity contribution in [1.82, 2.24) is 9.88 Å². The van der Waals surface area contributed by atoms with E-state index in [-0.39, 0.29) is 12.5 Å². The van der Waals surface area contributed by atoms with Crippen molar-refractivity contribution in [3.63, 3.8) is 0 Å². The van der Waals surface area contributed by atoms with Crippen LogP contribution in [0, 0.1) is 11.8 Å². The summed E-state index contributed by atoms with van der Waals surface area (Å²) in [5, 5.41) is 18.0. The number of hydrogen-bond acceptors (Lipinski definition) is 4. The molecule has 0 aliphatic carbocycles. The highest BCUT2D eigenvalue weighted by atomic mass is 16.3. The highest BCUT2D eigenvalue weighted by molar-refractivity contribution is 5.96. The first-order chi connectivity index (χ1) is 9.56. The number of carbonyl (C=O) groups is 1. The Kier molecular flexibility index (Phi) is 6.71. The van der Waals surface area contributed by atoms with E-state index in [1.807, 2.05) is 0 Å². The smallest absolute Gasteiger partial charge is 0.254 e. The molecule has 0 aliphatic heterocycles. The topological polar surface area (TPSA) is 73.7 Å². The highest BCUT2D eigenvalue weighted by Gasteiger charge is 2.15. The molecular weight excluding hydrogens is 256 g/mol. The minimum absolute atomic E-state index is 0.00909. The van der Waals surface area contributed by atoms with Crippen LogP contribution in [-0.4, -0.2) is 52.3 Å². The van der Waals surface area contributed by atoms with Crippen molar-refractivity contribution in [2.45, 2.75) is 25.9 Å². The zero-order chi connectivity index (χ0) is 15.0.